The van der Waals surface area contributed by atoms with E-state index in [0.29, 0.717) is 12.5 Å². The van der Waals surface area contributed by atoms with E-state index in [0.717, 1.165) is 69.7 Å². The van der Waals surface area contributed by atoms with Crippen LogP contribution in [0.1, 0.15) is 36.6 Å². The highest BCUT2D eigenvalue weighted by Gasteiger charge is 2.26. The average molecular weight is 569 g/mol. The summed E-state index contributed by atoms with van der Waals surface area (Å²) in [6.45, 7) is 6.20. The highest BCUT2D eigenvalue weighted by Crippen LogP contribution is 2.31. The smallest absolute Gasteiger partial charge is 0.191 e. The summed E-state index contributed by atoms with van der Waals surface area (Å²) < 4.78 is 16.7. The molecule has 2 atom stereocenters. The molecule has 0 saturated carbocycles. The molecule has 1 aromatic heterocycles. The van der Waals surface area contributed by atoms with Crippen LogP contribution in [0, 0.1) is 5.92 Å². The molecule has 8 heteroatoms. The van der Waals surface area contributed by atoms with Gasteiger partial charge in [0.15, 0.2) is 5.96 Å². The maximum Gasteiger partial charge on any atom is 0.191 e. The van der Waals surface area contributed by atoms with Gasteiger partial charge in [0.1, 0.15) is 11.5 Å². The van der Waals surface area contributed by atoms with E-state index in [2.05, 4.69) is 27.7 Å². The normalized spacial score (nSPS) is 19.8. The Bertz CT molecular complexity index is 834. The molecule has 0 amide bonds. The molecule has 2 unspecified atom stereocenters. The van der Waals surface area contributed by atoms with Crippen LogP contribution in [0.2, 0.25) is 0 Å². The van der Waals surface area contributed by atoms with Gasteiger partial charge in [-0.15, -0.1) is 24.0 Å². The number of nitrogens with one attached hydrogen (secondary N) is 2. The second-order valence-electron chi connectivity index (χ2n) is 8.56. The molecule has 1 aromatic carbocycles. The Balaban J connectivity index is 0.00000306. The van der Waals surface area contributed by atoms with E-state index in [1.54, 1.807) is 13.4 Å². The summed E-state index contributed by atoms with van der Waals surface area (Å²) >= 11 is 0. The third-order valence-electron chi connectivity index (χ3n) is 6.33. The van der Waals surface area contributed by atoms with Crippen molar-refractivity contribution in [2.24, 2.45) is 10.9 Å². The summed E-state index contributed by atoms with van der Waals surface area (Å²) in [7, 11) is 1.75. The van der Waals surface area contributed by atoms with Gasteiger partial charge in [-0.1, -0.05) is 18.2 Å². The molecule has 33 heavy (non-hydrogen) atoms. The van der Waals surface area contributed by atoms with Gasteiger partial charge >= 0.3 is 0 Å². The van der Waals surface area contributed by atoms with Crippen molar-refractivity contribution in [2.75, 3.05) is 53.0 Å². The minimum Gasteiger partial charge on any atom is -0.496 e. The number of methoxy groups -OCH3 is 1. The maximum atomic E-state index is 5.68. The zero-order valence-electron chi connectivity index (χ0n) is 19.5. The Kier molecular flexibility index (Phi) is 10.8. The minimum atomic E-state index is 0. The van der Waals surface area contributed by atoms with Gasteiger partial charge in [-0.05, 0) is 50.6 Å². The van der Waals surface area contributed by atoms with Crippen molar-refractivity contribution >= 4 is 29.9 Å². The van der Waals surface area contributed by atoms with Crippen molar-refractivity contribution < 1.29 is 13.9 Å². The van der Waals surface area contributed by atoms with E-state index in [-0.39, 0.29) is 30.0 Å². The van der Waals surface area contributed by atoms with Crippen molar-refractivity contribution in [3.8, 4) is 5.75 Å². The van der Waals surface area contributed by atoms with Crippen molar-refractivity contribution in [3.05, 3.63) is 54.0 Å². The molecular formula is C25H37IN4O3. The van der Waals surface area contributed by atoms with Gasteiger partial charge in [-0.3, -0.25) is 9.89 Å². The van der Waals surface area contributed by atoms with Crippen LogP contribution in [0.4, 0.5) is 0 Å². The third kappa shape index (κ3) is 7.61. The average Bonchev–Trinajstić information content (AvgIpc) is 3.61. The van der Waals surface area contributed by atoms with E-state index in [4.69, 9.17) is 18.9 Å². The first-order chi connectivity index (χ1) is 15.8. The van der Waals surface area contributed by atoms with Gasteiger partial charge in [0, 0.05) is 37.6 Å². The van der Waals surface area contributed by atoms with E-state index in [9.17, 15) is 0 Å². The Morgan fingerprint density at radius 1 is 1.18 bits per heavy atom. The van der Waals surface area contributed by atoms with E-state index in [1.807, 2.05) is 24.3 Å². The van der Waals surface area contributed by atoms with Crippen LogP contribution in [-0.4, -0.2) is 63.9 Å². The lowest BCUT2D eigenvalue weighted by molar-refractivity contribution is 0.186. The standard InChI is InChI=1S/C25H36N4O3.HI/c1-30-24-9-3-2-8-22(24)23(29-13-4-5-14-29)18-28-25(27-17-20-11-16-31-19-20)26-12-10-21-7-6-15-32-21;/h2-3,6-9,15,20,23H,4-5,10-14,16-19H2,1H3,(H2,26,27,28);1H. The molecule has 0 aliphatic carbocycles. The summed E-state index contributed by atoms with van der Waals surface area (Å²) in [5, 5.41) is 7.04. The van der Waals surface area contributed by atoms with Gasteiger partial charge in [0.25, 0.3) is 0 Å². The van der Waals surface area contributed by atoms with Gasteiger partial charge in [0.05, 0.1) is 32.6 Å². The Hall–Kier alpha value is -1.78. The molecule has 4 rings (SSSR count). The second-order valence-corrected chi connectivity index (χ2v) is 8.56. The predicted molar refractivity (Wildman–Crippen MR) is 142 cm³/mol. The lowest BCUT2D eigenvalue weighted by atomic mass is 10.0. The van der Waals surface area contributed by atoms with Crippen LogP contribution in [0.25, 0.3) is 0 Å². The fourth-order valence-corrected chi connectivity index (χ4v) is 4.50. The monoisotopic (exact) mass is 568 g/mol. The summed E-state index contributed by atoms with van der Waals surface area (Å²) in [5.74, 6) is 3.30. The third-order valence-corrected chi connectivity index (χ3v) is 6.33. The summed E-state index contributed by atoms with van der Waals surface area (Å²) in [4.78, 5) is 7.56. The maximum absolute atomic E-state index is 5.68. The van der Waals surface area contributed by atoms with Crippen LogP contribution in [0.5, 0.6) is 5.75 Å². The zero-order valence-corrected chi connectivity index (χ0v) is 21.8. The van der Waals surface area contributed by atoms with Crippen molar-refractivity contribution in [3.63, 3.8) is 0 Å². The highest BCUT2D eigenvalue weighted by atomic mass is 127. The SMILES string of the molecule is COc1ccccc1C(CN=C(NCCc1ccco1)NCC1CCOC1)N1CCCC1.I. The lowest BCUT2D eigenvalue weighted by Gasteiger charge is -2.28. The molecule has 2 fully saturated rings. The Morgan fingerprint density at radius 2 is 2.03 bits per heavy atom. The van der Waals surface area contributed by atoms with Crippen LogP contribution >= 0.6 is 24.0 Å². The molecule has 2 aromatic rings. The number of benzene rings is 1. The number of hydrogen-bond acceptors (Lipinski definition) is 5. The largest absolute Gasteiger partial charge is 0.496 e. The number of guanidine groups is 1. The number of ether oxygens (including phenoxy) is 2. The number of para-hydroxylation sites is 1. The van der Waals surface area contributed by atoms with Crippen LogP contribution < -0.4 is 15.4 Å². The quantitative estimate of drug-likeness (QED) is 0.258. The molecule has 182 valence electrons. The number of halogens is 1. The summed E-state index contributed by atoms with van der Waals surface area (Å²) in [6, 6.07) is 12.5. The summed E-state index contributed by atoms with van der Waals surface area (Å²) in [6.07, 6.45) is 6.12. The van der Waals surface area contributed by atoms with Crippen molar-refractivity contribution in [1.29, 1.82) is 0 Å². The van der Waals surface area contributed by atoms with E-state index < -0.39 is 0 Å². The van der Waals surface area contributed by atoms with Crippen LogP contribution in [0.3, 0.4) is 0 Å². The molecule has 0 spiro atoms. The Morgan fingerprint density at radius 3 is 2.76 bits per heavy atom. The molecule has 2 saturated heterocycles. The molecule has 0 bridgehead atoms. The molecule has 2 aliphatic heterocycles. The van der Waals surface area contributed by atoms with Gasteiger partial charge < -0.3 is 24.5 Å². The summed E-state index contributed by atoms with van der Waals surface area (Å²) in [5.41, 5.74) is 1.21. The first kappa shape index (κ1) is 25.8. The molecular weight excluding hydrogens is 531 g/mol. The molecule has 2 N–H and O–H groups in total. The van der Waals surface area contributed by atoms with Crippen molar-refractivity contribution in [2.45, 2.75) is 31.7 Å². The van der Waals surface area contributed by atoms with Crippen molar-refractivity contribution in [1.82, 2.24) is 15.5 Å². The highest BCUT2D eigenvalue weighted by molar-refractivity contribution is 14.0. The zero-order chi connectivity index (χ0) is 22.0. The lowest BCUT2D eigenvalue weighted by Crippen LogP contribution is -2.41. The molecule has 0 radical (unpaired) electrons. The number of likely N-dealkylation sites (tertiary alicyclic amines) is 1. The van der Waals surface area contributed by atoms with Crippen LogP contribution in [0.15, 0.2) is 52.1 Å². The number of nitrogens with zero attached hydrogens (tertiary/aromatic N) is 2. The van der Waals surface area contributed by atoms with Crippen LogP contribution in [-0.2, 0) is 11.2 Å². The van der Waals surface area contributed by atoms with Gasteiger partial charge in [-0.2, -0.15) is 0 Å². The number of hydrogen-bond donors (Lipinski definition) is 2. The first-order valence-corrected chi connectivity index (χ1v) is 11.8. The van der Waals surface area contributed by atoms with Gasteiger partial charge in [-0.25, -0.2) is 0 Å². The molecule has 2 aliphatic rings. The second kappa shape index (κ2) is 13.8. The fraction of sp³-hybridized carbons (Fsp3) is 0.560. The van der Waals surface area contributed by atoms with Gasteiger partial charge in [0.2, 0.25) is 0 Å². The molecule has 7 nitrogen and oxygen atoms in total. The minimum absolute atomic E-state index is 0. The number of furan rings is 1. The van der Waals surface area contributed by atoms with E-state index in [1.165, 1.54) is 18.4 Å². The fourth-order valence-electron chi connectivity index (χ4n) is 4.50. The predicted octanol–water partition coefficient (Wildman–Crippen LogP) is 3.86. The first-order valence-electron chi connectivity index (χ1n) is 11.8. The topological polar surface area (TPSA) is 71.3 Å². The molecule has 3 heterocycles. The number of rotatable bonds is 10. The van der Waals surface area contributed by atoms with E-state index >= 15 is 0 Å². The number of aliphatic imine (C=N–C) groups is 1. The Labute approximate surface area is 214 Å².